The Labute approximate surface area is 108 Å². The molecule has 0 bridgehead atoms. The molecule has 0 heterocycles. The van der Waals surface area contributed by atoms with Crippen LogP contribution in [0.4, 0.5) is 5.69 Å². The number of rotatable bonds is 5. The summed E-state index contributed by atoms with van der Waals surface area (Å²) in [7, 11) is 0. The molecule has 0 saturated carbocycles. The van der Waals surface area contributed by atoms with Gasteiger partial charge in [-0.3, -0.25) is 4.79 Å². The van der Waals surface area contributed by atoms with Gasteiger partial charge in [-0.05, 0) is 40.5 Å². The molecule has 90 valence electrons. The molecule has 0 radical (unpaired) electrons. The van der Waals surface area contributed by atoms with Crippen LogP contribution in [0.25, 0.3) is 0 Å². The highest BCUT2D eigenvalue weighted by atomic mass is 79.9. The molecule has 0 saturated heterocycles. The van der Waals surface area contributed by atoms with Gasteiger partial charge in [0.25, 0.3) is 0 Å². The molecule has 0 amide bonds. The molecule has 1 atom stereocenters. The van der Waals surface area contributed by atoms with Crippen molar-refractivity contribution in [3.63, 3.8) is 0 Å². The predicted octanol–water partition coefficient (Wildman–Crippen LogP) is 2.84. The number of nitriles is 1. The highest BCUT2D eigenvalue weighted by Gasteiger charge is 2.09. The van der Waals surface area contributed by atoms with E-state index in [-0.39, 0.29) is 5.92 Å². The zero-order valence-electron chi connectivity index (χ0n) is 9.40. The first-order chi connectivity index (χ1) is 8.04. The van der Waals surface area contributed by atoms with E-state index in [4.69, 9.17) is 10.4 Å². The smallest absolute Gasteiger partial charge is 0.306 e. The van der Waals surface area contributed by atoms with Crippen molar-refractivity contribution in [2.45, 2.75) is 13.3 Å². The quantitative estimate of drug-likeness (QED) is 0.876. The second-order valence-corrected chi connectivity index (χ2v) is 4.62. The average Bonchev–Trinajstić information content (AvgIpc) is 2.29. The van der Waals surface area contributed by atoms with Gasteiger partial charge in [-0.25, -0.2) is 0 Å². The Hall–Kier alpha value is -1.54. The number of nitrogens with zero attached hydrogens (tertiary/aromatic N) is 1. The molecule has 17 heavy (non-hydrogen) atoms. The van der Waals surface area contributed by atoms with Gasteiger partial charge in [0.2, 0.25) is 0 Å². The summed E-state index contributed by atoms with van der Waals surface area (Å²) in [5, 5.41) is 20.6. The van der Waals surface area contributed by atoms with Crippen LogP contribution in [0.5, 0.6) is 0 Å². The van der Waals surface area contributed by atoms with Gasteiger partial charge < -0.3 is 10.4 Å². The van der Waals surface area contributed by atoms with E-state index in [0.717, 1.165) is 10.2 Å². The van der Waals surface area contributed by atoms with Crippen LogP contribution in [0.3, 0.4) is 0 Å². The van der Waals surface area contributed by atoms with Gasteiger partial charge in [-0.2, -0.15) is 5.26 Å². The minimum atomic E-state index is -0.784. The second-order valence-electron chi connectivity index (χ2n) is 3.76. The number of benzene rings is 1. The van der Waals surface area contributed by atoms with Crippen LogP contribution in [-0.4, -0.2) is 17.6 Å². The molecular weight excluding hydrogens is 284 g/mol. The Balaban J connectivity index is 2.51. The van der Waals surface area contributed by atoms with Crippen molar-refractivity contribution in [2.24, 2.45) is 5.92 Å². The zero-order chi connectivity index (χ0) is 12.8. The number of anilines is 1. The third-order valence-electron chi connectivity index (χ3n) is 2.42. The van der Waals surface area contributed by atoms with Crippen LogP contribution in [-0.2, 0) is 4.79 Å². The lowest BCUT2D eigenvalue weighted by molar-refractivity contribution is -0.141. The van der Waals surface area contributed by atoms with Gasteiger partial charge in [-0.15, -0.1) is 0 Å². The number of aliphatic carboxylic acids is 1. The summed E-state index contributed by atoms with van der Waals surface area (Å²) >= 11 is 3.29. The molecule has 0 fully saturated rings. The van der Waals surface area contributed by atoms with Gasteiger partial charge in [0, 0.05) is 16.7 Å². The monoisotopic (exact) mass is 296 g/mol. The number of nitrogens with one attached hydrogen (secondary N) is 1. The molecule has 1 aromatic carbocycles. The van der Waals surface area contributed by atoms with Gasteiger partial charge >= 0.3 is 5.97 Å². The standard InChI is InChI=1S/C12H13BrN2O2/c1-8(12(16)17)4-5-15-10-3-2-9(7-14)11(13)6-10/h2-3,6,8,15H,4-5H2,1H3,(H,16,17). The molecule has 0 aromatic heterocycles. The molecule has 0 aliphatic carbocycles. The maximum absolute atomic E-state index is 10.6. The Kier molecular flexibility index (Phi) is 4.98. The van der Waals surface area contributed by atoms with Gasteiger partial charge in [0.15, 0.2) is 0 Å². The van der Waals surface area contributed by atoms with Crippen LogP contribution < -0.4 is 5.32 Å². The highest BCUT2D eigenvalue weighted by molar-refractivity contribution is 9.10. The van der Waals surface area contributed by atoms with Crippen molar-refractivity contribution >= 4 is 27.6 Å². The van der Waals surface area contributed by atoms with E-state index in [1.807, 2.05) is 6.07 Å². The fraction of sp³-hybridized carbons (Fsp3) is 0.333. The first-order valence-corrected chi connectivity index (χ1v) is 6.00. The minimum absolute atomic E-state index is 0.357. The van der Waals surface area contributed by atoms with Crippen LogP contribution in [0.1, 0.15) is 18.9 Å². The van der Waals surface area contributed by atoms with Crippen LogP contribution in [0, 0.1) is 17.2 Å². The minimum Gasteiger partial charge on any atom is -0.481 e. The summed E-state index contributed by atoms with van der Waals surface area (Å²) in [5.41, 5.74) is 1.45. The van der Waals surface area contributed by atoms with E-state index in [2.05, 4.69) is 27.3 Å². The van der Waals surface area contributed by atoms with E-state index in [0.29, 0.717) is 18.5 Å². The second kappa shape index (κ2) is 6.26. The molecule has 1 unspecified atom stereocenters. The molecule has 4 nitrogen and oxygen atoms in total. The van der Waals surface area contributed by atoms with Crippen molar-refractivity contribution in [1.82, 2.24) is 0 Å². The third kappa shape index (κ3) is 4.08. The highest BCUT2D eigenvalue weighted by Crippen LogP contribution is 2.20. The Bertz CT molecular complexity index is 454. The van der Waals surface area contributed by atoms with Gasteiger partial charge in [0.05, 0.1) is 11.5 Å². The summed E-state index contributed by atoms with van der Waals surface area (Å²) in [6.45, 7) is 2.27. The lowest BCUT2D eigenvalue weighted by atomic mass is 10.1. The number of carboxylic acids is 1. The summed E-state index contributed by atoms with van der Waals surface area (Å²) in [5.74, 6) is -1.14. The summed E-state index contributed by atoms with van der Waals surface area (Å²) in [6.07, 6.45) is 0.562. The molecular formula is C12H13BrN2O2. The van der Waals surface area contributed by atoms with Gasteiger partial charge in [0.1, 0.15) is 6.07 Å². The lowest BCUT2D eigenvalue weighted by Gasteiger charge is -2.09. The van der Waals surface area contributed by atoms with Crippen molar-refractivity contribution < 1.29 is 9.90 Å². The van der Waals surface area contributed by atoms with E-state index >= 15 is 0 Å². The molecule has 0 aliphatic rings. The topological polar surface area (TPSA) is 73.1 Å². The number of hydrogen-bond donors (Lipinski definition) is 2. The molecule has 1 aromatic rings. The molecule has 0 spiro atoms. The van der Waals surface area contributed by atoms with Crippen molar-refractivity contribution in [3.8, 4) is 6.07 Å². The third-order valence-corrected chi connectivity index (χ3v) is 3.07. The Morgan fingerprint density at radius 2 is 2.35 bits per heavy atom. The SMILES string of the molecule is CC(CCNc1ccc(C#N)c(Br)c1)C(=O)O. The fourth-order valence-electron chi connectivity index (χ4n) is 1.27. The molecule has 5 heteroatoms. The summed E-state index contributed by atoms with van der Waals surface area (Å²) in [4.78, 5) is 10.6. The van der Waals surface area contributed by atoms with Crippen molar-refractivity contribution in [1.29, 1.82) is 5.26 Å². The maximum Gasteiger partial charge on any atom is 0.306 e. The number of carboxylic acid groups (broad SMARTS) is 1. The van der Waals surface area contributed by atoms with Crippen LogP contribution >= 0.6 is 15.9 Å². The van der Waals surface area contributed by atoms with Crippen molar-refractivity contribution in [3.05, 3.63) is 28.2 Å². The van der Waals surface area contributed by atoms with E-state index < -0.39 is 5.97 Å². The maximum atomic E-state index is 10.6. The summed E-state index contributed by atoms with van der Waals surface area (Å²) < 4.78 is 0.733. The Morgan fingerprint density at radius 1 is 1.65 bits per heavy atom. The zero-order valence-corrected chi connectivity index (χ0v) is 11.0. The molecule has 0 aliphatic heterocycles. The normalized spacial score (nSPS) is 11.6. The van der Waals surface area contributed by atoms with Crippen LogP contribution in [0.2, 0.25) is 0 Å². The van der Waals surface area contributed by atoms with Crippen molar-refractivity contribution in [2.75, 3.05) is 11.9 Å². The first-order valence-electron chi connectivity index (χ1n) is 5.21. The molecule has 1 rings (SSSR count). The predicted molar refractivity (Wildman–Crippen MR) is 68.8 cm³/mol. The fourth-order valence-corrected chi connectivity index (χ4v) is 1.74. The Morgan fingerprint density at radius 3 is 2.88 bits per heavy atom. The van der Waals surface area contributed by atoms with Gasteiger partial charge in [-0.1, -0.05) is 6.92 Å². The lowest BCUT2D eigenvalue weighted by Crippen LogP contribution is -2.14. The first kappa shape index (κ1) is 13.5. The van der Waals surface area contributed by atoms with E-state index in [1.54, 1.807) is 19.1 Å². The molecule has 2 N–H and O–H groups in total. The number of carbonyl (C=O) groups is 1. The average molecular weight is 297 g/mol. The largest absolute Gasteiger partial charge is 0.481 e. The van der Waals surface area contributed by atoms with E-state index in [1.165, 1.54) is 0 Å². The number of halogens is 1. The summed E-state index contributed by atoms with van der Waals surface area (Å²) in [6, 6.07) is 7.38. The number of hydrogen-bond acceptors (Lipinski definition) is 3. The van der Waals surface area contributed by atoms with Crippen LogP contribution in [0.15, 0.2) is 22.7 Å². The van der Waals surface area contributed by atoms with E-state index in [9.17, 15) is 4.79 Å².